The number of nitrogens with one attached hydrogen (secondary N) is 1. The van der Waals surface area contributed by atoms with E-state index >= 15 is 0 Å². The minimum atomic E-state index is 0.747. The van der Waals surface area contributed by atoms with Crippen molar-refractivity contribution in [2.45, 2.75) is 19.8 Å². The van der Waals surface area contributed by atoms with Crippen LogP contribution in [0.15, 0.2) is 42.5 Å². The zero-order valence-electron chi connectivity index (χ0n) is 12.9. The molecule has 0 unspecified atom stereocenters. The van der Waals surface area contributed by atoms with Crippen molar-refractivity contribution in [2.75, 3.05) is 13.7 Å². The van der Waals surface area contributed by atoms with E-state index < -0.39 is 0 Å². The van der Waals surface area contributed by atoms with Gasteiger partial charge in [-0.3, -0.25) is 0 Å². The van der Waals surface area contributed by atoms with Crippen LogP contribution in [0.4, 0.5) is 0 Å². The lowest BCUT2D eigenvalue weighted by atomic mass is 10.2. The second-order valence-corrected chi connectivity index (χ2v) is 5.20. The number of aromatic nitrogens is 2. The molecule has 0 aliphatic carbocycles. The fourth-order valence-corrected chi connectivity index (χ4v) is 2.32. The Labute approximate surface area is 130 Å². The molecule has 0 radical (unpaired) electrons. The highest BCUT2D eigenvalue weighted by Gasteiger charge is 2.07. The van der Waals surface area contributed by atoms with Crippen LogP contribution in [-0.4, -0.2) is 23.7 Å². The second kappa shape index (κ2) is 6.52. The molecule has 114 valence electrons. The molecule has 0 aliphatic rings. The third kappa shape index (κ3) is 3.06. The lowest BCUT2D eigenvalue weighted by molar-refractivity contribution is 0.309. The van der Waals surface area contributed by atoms with Crippen molar-refractivity contribution in [2.24, 2.45) is 0 Å². The predicted molar refractivity (Wildman–Crippen MR) is 88.5 cm³/mol. The first-order valence-corrected chi connectivity index (χ1v) is 7.57. The summed E-state index contributed by atoms with van der Waals surface area (Å²) in [7, 11) is 1.66. The third-order valence-electron chi connectivity index (χ3n) is 3.56. The van der Waals surface area contributed by atoms with Crippen LogP contribution in [0, 0.1) is 0 Å². The first-order chi connectivity index (χ1) is 10.8. The summed E-state index contributed by atoms with van der Waals surface area (Å²) in [5.41, 5.74) is 2.91. The Morgan fingerprint density at radius 2 is 2.00 bits per heavy atom. The zero-order chi connectivity index (χ0) is 15.4. The molecular weight excluding hydrogens is 276 g/mol. The summed E-state index contributed by atoms with van der Waals surface area (Å²) in [5, 5.41) is 0. The first kappa shape index (κ1) is 14.4. The maximum absolute atomic E-state index is 5.76. The molecule has 0 fully saturated rings. The Bertz CT molecular complexity index is 765. The van der Waals surface area contributed by atoms with E-state index in [9.17, 15) is 0 Å². The number of unbranched alkanes of at least 4 members (excludes halogenated alkanes) is 1. The van der Waals surface area contributed by atoms with E-state index in [4.69, 9.17) is 9.47 Å². The van der Waals surface area contributed by atoms with Crippen molar-refractivity contribution in [1.82, 2.24) is 9.97 Å². The molecule has 4 nitrogen and oxygen atoms in total. The zero-order valence-corrected chi connectivity index (χ0v) is 12.9. The molecular formula is C18H20N2O2. The van der Waals surface area contributed by atoms with Gasteiger partial charge in [-0.15, -0.1) is 0 Å². The van der Waals surface area contributed by atoms with Crippen molar-refractivity contribution in [1.29, 1.82) is 0 Å². The molecule has 1 N–H and O–H groups in total. The molecule has 1 aromatic heterocycles. The van der Waals surface area contributed by atoms with Crippen molar-refractivity contribution in [3.63, 3.8) is 0 Å². The number of hydrogen-bond acceptors (Lipinski definition) is 3. The van der Waals surface area contributed by atoms with Gasteiger partial charge in [0.05, 0.1) is 24.8 Å². The number of benzene rings is 2. The van der Waals surface area contributed by atoms with E-state index in [1.807, 2.05) is 42.5 Å². The number of H-pyrrole nitrogens is 1. The van der Waals surface area contributed by atoms with E-state index in [0.717, 1.165) is 53.4 Å². The Balaban J connectivity index is 1.88. The monoisotopic (exact) mass is 296 g/mol. The summed E-state index contributed by atoms with van der Waals surface area (Å²) >= 11 is 0. The fourth-order valence-electron chi connectivity index (χ4n) is 2.32. The van der Waals surface area contributed by atoms with Gasteiger partial charge >= 0.3 is 0 Å². The summed E-state index contributed by atoms with van der Waals surface area (Å²) in [4.78, 5) is 7.96. The molecule has 0 aliphatic heterocycles. The molecule has 1 heterocycles. The van der Waals surface area contributed by atoms with Crippen LogP contribution in [0.25, 0.3) is 22.4 Å². The number of fused-ring (bicyclic) bond motifs is 1. The van der Waals surface area contributed by atoms with Gasteiger partial charge in [0.15, 0.2) is 0 Å². The van der Waals surface area contributed by atoms with Gasteiger partial charge in [-0.1, -0.05) is 25.5 Å². The van der Waals surface area contributed by atoms with Crippen LogP contribution in [0.2, 0.25) is 0 Å². The molecule has 3 rings (SSSR count). The first-order valence-electron chi connectivity index (χ1n) is 7.57. The van der Waals surface area contributed by atoms with E-state index in [1.54, 1.807) is 7.11 Å². The minimum Gasteiger partial charge on any atom is -0.497 e. The average molecular weight is 296 g/mol. The standard InChI is InChI=1S/C18H20N2O2/c1-3-4-10-22-15-7-5-6-13(11-15)18-19-16-9-8-14(21-2)12-17(16)20-18/h5-9,11-12H,3-4,10H2,1-2H3,(H,19,20). The molecule has 4 heteroatoms. The number of aromatic amines is 1. The molecule has 0 atom stereocenters. The van der Waals surface area contributed by atoms with E-state index in [1.165, 1.54) is 0 Å². The Hall–Kier alpha value is -2.49. The number of methoxy groups -OCH3 is 1. The lowest BCUT2D eigenvalue weighted by Gasteiger charge is -2.06. The van der Waals surface area contributed by atoms with E-state index in [-0.39, 0.29) is 0 Å². The largest absolute Gasteiger partial charge is 0.497 e. The Morgan fingerprint density at radius 3 is 2.82 bits per heavy atom. The smallest absolute Gasteiger partial charge is 0.138 e. The highest BCUT2D eigenvalue weighted by atomic mass is 16.5. The van der Waals surface area contributed by atoms with Crippen LogP contribution in [-0.2, 0) is 0 Å². The topological polar surface area (TPSA) is 47.1 Å². The predicted octanol–water partition coefficient (Wildman–Crippen LogP) is 4.42. The number of nitrogens with zero attached hydrogens (tertiary/aromatic N) is 1. The molecule has 0 saturated heterocycles. The summed E-state index contributed by atoms with van der Waals surface area (Å²) in [6.45, 7) is 2.90. The van der Waals surface area contributed by atoms with Crippen molar-refractivity contribution in [3.8, 4) is 22.9 Å². The van der Waals surface area contributed by atoms with Crippen LogP contribution < -0.4 is 9.47 Å². The van der Waals surface area contributed by atoms with Gasteiger partial charge in [-0.25, -0.2) is 4.98 Å². The number of rotatable bonds is 6. The quantitative estimate of drug-likeness (QED) is 0.685. The average Bonchev–Trinajstić information content (AvgIpc) is 2.98. The summed E-state index contributed by atoms with van der Waals surface area (Å²) in [6, 6.07) is 13.8. The van der Waals surface area contributed by atoms with Gasteiger partial charge in [0.25, 0.3) is 0 Å². The SMILES string of the molecule is CCCCOc1cccc(-c2nc3ccc(OC)cc3[nH]2)c1. The molecule has 3 aromatic rings. The molecule has 0 saturated carbocycles. The van der Waals surface area contributed by atoms with Crippen molar-refractivity contribution >= 4 is 11.0 Å². The normalized spacial score (nSPS) is 10.8. The molecule has 0 amide bonds. The maximum atomic E-state index is 5.76. The Kier molecular flexibility index (Phi) is 4.28. The molecule has 0 spiro atoms. The van der Waals surface area contributed by atoms with Crippen LogP contribution in [0.3, 0.4) is 0 Å². The molecule has 0 bridgehead atoms. The number of hydrogen-bond donors (Lipinski definition) is 1. The van der Waals surface area contributed by atoms with Gasteiger partial charge in [0.2, 0.25) is 0 Å². The highest BCUT2D eigenvalue weighted by molar-refractivity contribution is 5.80. The second-order valence-electron chi connectivity index (χ2n) is 5.20. The maximum Gasteiger partial charge on any atom is 0.138 e. The molecule has 22 heavy (non-hydrogen) atoms. The van der Waals surface area contributed by atoms with Gasteiger partial charge in [-0.2, -0.15) is 0 Å². The van der Waals surface area contributed by atoms with Crippen LogP contribution in [0.1, 0.15) is 19.8 Å². The number of ether oxygens (including phenoxy) is 2. The number of imidazole rings is 1. The van der Waals surface area contributed by atoms with Gasteiger partial charge < -0.3 is 14.5 Å². The van der Waals surface area contributed by atoms with Crippen LogP contribution >= 0.6 is 0 Å². The van der Waals surface area contributed by atoms with E-state index in [2.05, 4.69) is 16.9 Å². The summed E-state index contributed by atoms with van der Waals surface area (Å²) in [6.07, 6.45) is 2.19. The summed E-state index contributed by atoms with van der Waals surface area (Å²) in [5.74, 6) is 2.53. The van der Waals surface area contributed by atoms with E-state index in [0.29, 0.717) is 0 Å². The van der Waals surface area contributed by atoms with Crippen molar-refractivity contribution in [3.05, 3.63) is 42.5 Å². The third-order valence-corrected chi connectivity index (χ3v) is 3.56. The van der Waals surface area contributed by atoms with Crippen LogP contribution in [0.5, 0.6) is 11.5 Å². The van der Waals surface area contributed by atoms with Crippen molar-refractivity contribution < 1.29 is 9.47 Å². The highest BCUT2D eigenvalue weighted by Crippen LogP contribution is 2.26. The Morgan fingerprint density at radius 1 is 1.09 bits per heavy atom. The molecule has 2 aromatic carbocycles. The van der Waals surface area contributed by atoms with Gasteiger partial charge in [-0.05, 0) is 30.7 Å². The minimum absolute atomic E-state index is 0.747. The van der Waals surface area contributed by atoms with Gasteiger partial charge in [0.1, 0.15) is 17.3 Å². The summed E-state index contributed by atoms with van der Waals surface area (Å²) < 4.78 is 11.0. The lowest BCUT2D eigenvalue weighted by Crippen LogP contribution is -1.96. The fraction of sp³-hybridized carbons (Fsp3) is 0.278. The van der Waals surface area contributed by atoms with Gasteiger partial charge in [0, 0.05) is 11.6 Å².